The van der Waals surface area contributed by atoms with Gasteiger partial charge in [-0.3, -0.25) is 14.6 Å². The molecule has 1 aromatic carbocycles. The van der Waals surface area contributed by atoms with E-state index in [0.717, 1.165) is 16.7 Å². The molecular formula is C23H17N3O3. The van der Waals surface area contributed by atoms with Crippen molar-refractivity contribution >= 4 is 11.6 Å². The molecule has 29 heavy (non-hydrogen) atoms. The SMILES string of the molecule is O=C(Nc1cc(-c2ccncc2)c[nH]c1=O)C1=CCC(C#Cc2ccccc2)O1. The third-order valence-electron chi connectivity index (χ3n) is 4.33. The lowest BCUT2D eigenvalue weighted by Gasteiger charge is -2.09. The van der Waals surface area contributed by atoms with Crippen LogP contribution in [0.5, 0.6) is 0 Å². The van der Waals surface area contributed by atoms with Gasteiger partial charge in [0.15, 0.2) is 11.9 Å². The van der Waals surface area contributed by atoms with Gasteiger partial charge in [-0.1, -0.05) is 30.0 Å². The molecule has 0 spiro atoms. The molecule has 2 N–H and O–H groups in total. The predicted octanol–water partition coefficient (Wildman–Crippen LogP) is 3.10. The summed E-state index contributed by atoms with van der Waals surface area (Å²) in [6.45, 7) is 0. The zero-order valence-electron chi connectivity index (χ0n) is 15.4. The van der Waals surface area contributed by atoms with Crippen molar-refractivity contribution in [2.45, 2.75) is 12.5 Å². The number of benzene rings is 1. The lowest BCUT2D eigenvalue weighted by molar-refractivity contribution is -0.116. The molecule has 0 saturated carbocycles. The van der Waals surface area contributed by atoms with Crippen LogP contribution in [0.4, 0.5) is 5.69 Å². The van der Waals surface area contributed by atoms with E-state index in [0.29, 0.717) is 6.42 Å². The topological polar surface area (TPSA) is 84.1 Å². The highest BCUT2D eigenvalue weighted by Gasteiger charge is 2.22. The first-order valence-corrected chi connectivity index (χ1v) is 9.07. The first-order valence-electron chi connectivity index (χ1n) is 9.07. The minimum atomic E-state index is -0.480. The summed E-state index contributed by atoms with van der Waals surface area (Å²) in [6.07, 6.45) is 6.71. The maximum absolute atomic E-state index is 12.5. The first-order chi connectivity index (χ1) is 14.2. The number of amides is 1. The Balaban J connectivity index is 1.44. The molecule has 0 radical (unpaired) electrons. The summed E-state index contributed by atoms with van der Waals surface area (Å²) in [5.41, 5.74) is 2.27. The van der Waals surface area contributed by atoms with Crippen LogP contribution in [-0.2, 0) is 9.53 Å². The number of carbonyl (C=O) groups excluding carboxylic acids is 1. The van der Waals surface area contributed by atoms with E-state index in [1.54, 1.807) is 30.7 Å². The van der Waals surface area contributed by atoms with Crippen LogP contribution < -0.4 is 10.9 Å². The number of aromatic amines is 1. The molecule has 0 bridgehead atoms. The molecule has 1 aliphatic heterocycles. The largest absolute Gasteiger partial charge is 0.472 e. The van der Waals surface area contributed by atoms with Crippen molar-refractivity contribution in [3.63, 3.8) is 0 Å². The van der Waals surface area contributed by atoms with Crippen molar-refractivity contribution in [3.05, 3.63) is 94.9 Å². The number of ether oxygens (including phenoxy) is 1. The van der Waals surface area contributed by atoms with Gasteiger partial charge < -0.3 is 15.0 Å². The van der Waals surface area contributed by atoms with Crippen LogP contribution in [0, 0.1) is 11.8 Å². The summed E-state index contributed by atoms with van der Waals surface area (Å²) in [7, 11) is 0. The Hall–Kier alpha value is -4.11. The van der Waals surface area contributed by atoms with Gasteiger partial charge in [0.05, 0.1) is 0 Å². The third kappa shape index (κ3) is 4.42. The van der Waals surface area contributed by atoms with Crippen LogP contribution in [0.2, 0.25) is 0 Å². The maximum Gasteiger partial charge on any atom is 0.290 e. The van der Waals surface area contributed by atoms with Crippen LogP contribution in [0.15, 0.2) is 83.8 Å². The molecule has 3 aromatic rings. The molecule has 0 fully saturated rings. The molecule has 0 aliphatic carbocycles. The van der Waals surface area contributed by atoms with E-state index >= 15 is 0 Å². The molecule has 1 amide bonds. The number of hydrogen-bond donors (Lipinski definition) is 2. The van der Waals surface area contributed by atoms with Gasteiger partial charge in [0.25, 0.3) is 11.5 Å². The molecule has 0 saturated heterocycles. The standard InChI is InChI=1S/C23H17N3O3/c27-22-20(14-18(15-25-22)17-10-12-24-13-11-17)26-23(28)21-9-8-19(29-21)7-6-16-4-2-1-3-5-16/h1-5,9-15,19H,8H2,(H,25,27)(H,26,28). The molecule has 4 rings (SSSR count). The summed E-state index contributed by atoms with van der Waals surface area (Å²) in [6, 6.07) is 14.8. The third-order valence-corrected chi connectivity index (χ3v) is 4.33. The number of pyridine rings is 2. The molecular weight excluding hydrogens is 366 g/mol. The second kappa shape index (κ2) is 8.28. The number of nitrogens with zero attached hydrogens (tertiary/aromatic N) is 1. The summed E-state index contributed by atoms with van der Waals surface area (Å²) in [5.74, 6) is 5.72. The molecule has 1 aliphatic rings. The van der Waals surface area contributed by atoms with E-state index < -0.39 is 17.6 Å². The van der Waals surface area contributed by atoms with Crippen LogP contribution in [0.3, 0.4) is 0 Å². The van der Waals surface area contributed by atoms with E-state index in [1.165, 1.54) is 0 Å². The average Bonchev–Trinajstić information content (AvgIpc) is 3.24. The van der Waals surface area contributed by atoms with E-state index in [9.17, 15) is 9.59 Å². The molecule has 142 valence electrons. The van der Waals surface area contributed by atoms with Gasteiger partial charge in [0.1, 0.15) is 5.69 Å². The molecule has 6 heteroatoms. The number of nitrogens with one attached hydrogen (secondary N) is 2. The lowest BCUT2D eigenvalue weighted by Crippen LogP contribution is -2.22. The molecule has 6 nitrogen and oxygen atoms in total. The van der Waals surface area contributed by atoms with Gasteiger partial charge >= 0.3 is 0 Å². The minimum Gasteiger partial charge on any atom is -0.472 e. The van der Waals surface area contributed by atoms with Gasteiger partial charge in [-0.15, -0.1) is 0 Å². The number of carbonyl (C=O) groups is 1. The molecule has 3 heterocycles. The van der Waals surface area contributed by atoms with Crippen molar-refractivity contribution in [3.8, 4) is 23.0 Å². The highest BCUT2D eigenvalue weighted by atomic mass is 16.5. The Morgan fingerprint density at radius 1 is 1.14 bits per heavy atom. The summed E-state index contributed by atoms with van der Waals surface area (Å²) in [4.78, 5) is 31.2. The van der Waals surface area contributed by atoms with Gasteiger partial charge in [-0.2, -0.15) is 0 Å². The van der Waals surface area contributed by atoms with Gasteiger partial charge in [0, 0.05) is 36.1 Å². The van der Waals surface area contributed by atoms with Crippen LogP contribution in [-0.4, -0.2) is 22.0 Å². The van der Waals surface area contributed by atoms with Gasteiger partial charge in [-0.25, -0.2) is 0 Å². The van der Waals surface area contributed by atoms with Crippen molar-refractivity contribution < 1.29 is 9.53 Å². The van der Waals surface area contributed by atoms with Crippen molar-refractivity contribution in [2.75, 3.05) is 5.32 Å². The van der Waals surface area contributed by atoms with Crippen molar-refractivity contribution in [2.24, 2.45) is 0 Å². The lowest BCUT2D eigenvalue weighted by atomic mass is 10.1. The Morgan fingerprint density at radius 2 is 1.93 bits per heavy atom. The van der Waals surface area contributed by atoms with E-state index in [4.69, 9.17) is 4.74 Å². The van der Waals surface area contributed by atoms with E-state index in [1.807, 2.05) is 42.5 Å². The number of rotatable bonds is 3. The van der Waals surface area contributed by atoms with E-state index in [2.05, 4.69) is 27.1 Å². The van der Waals surface area contributed by atoms with Gasteiger partial charge in [0.2, 0.25) is 0 Å². The maximum atomic E-state index is 12.5. The van der Waals surface area contributed by atoms with Crippen LogP contribution in [0.1, 0.15) is 12.0 Å². The summed E-state index contributed by atoms with van der Waals surface area (Å²) < 4.78 is 5.63. The smallest absolute Gasteiger partial charge is 0.290 e. The Bertz CT molecular complexity index is 1170. The Labute approximate surface area is 167 Å². The second-order valence-corrected chi connectivity index (χ2v) is 6.37. The second-order valence-electron chi connectivity index (χ2n) is 6.37. The number of anilines is 1. The normalized spacial score (nSPS) is 14.9. The zero-order chi connectivity index (χ0) is 20.1. The Morgan fingerprint density at radius 3 is 2.72 bits per heavy atom. The molecule has 2 aromatic heterocycles. The van der Waals surface area contributed by atoms with Gasteiger partial charge in [-0.05, 0) is 42.0 Å². The minimum absolute atomic E-state index is 0.146. The van der Waals surface area contributed by atoms with Crippen molar-refractivity contribution in [1.29, 1.82) is 0 Å². The first kappa shape index (κ1) is 18.3. The Kier molecular flexibility index (Phi) is 5.21. The zero-order valence-corrected chi connectivity index (χ0v) is 15.4. The summed E-state index contributed by atoms with van der Waals surface area (Å²) >= 11 is 0. The fraction of sp³-hybridized carbons (Fsp3) is 0.0870. The monoisotopic (exact) mass is 383 g/mol. The quantitative estimate of drug-likeness (QED) is 0.681. The van der Waals surface area contributed by atoms with E-state index in [-0.39, 0.29) is 11.4 Å². The van der Waals surface area contributed by atoms with Crippen molar-refractivity contribution in [1.82, 2.24) is 9.97 Å². The fourth-order valence-corrected chi connectivity index (χ4v) is 2.86. The molecule has 1 atom stereocenters. The number of hydrogen-bond acceptors (Lipinski definition) is 4. The average molecular weight is 383 g/mol. The fourth-order valence-electron chi connectivity index (χ4n) is 2.86. The number of aromatic nitrogens is 2. The molecule has 1 unspecified atom stereocenters. The van der Waals surface area contributed by atoms with Crippen LogP contribution in [0.25, 0.3) is 11.1 Å². The number of H-pyrrole nitrogens is 1. The highest BCUT2D eigenvalue weighted by molar-refractivity contribution is 6.02. The highest BCUT2D eigenvalue weighted by Crippen LogP contribution is 2.21. The summed E-state index contributed by atoms with van der Waals surface area (Å²) in [5, 5.41) is 2.62. The van der Waals surface area contributed by atoms with Crippen LogP contribution >= 0.6 is 0 Å². The predicted molar refractivity (Wildman–Crippen MR) is 110 cm³/mol.